The zero-order valence-corrected chi connectivity index (χ0v) is 20.0. The zero-order valence-electron chi connectivity index (χ0n) is 20.0. The number of hydrogen-bond donors (Lipinski definition) is 0. The molecule has 5 rings (SSSR count). The van der Waals surface area contributed by atoms with E-state index in [0.717, 1.165) is 29.1 Å². The number of Topliss-reactive ketones (excluding diaryl/α,β-unsaturated/α-hetero) is 1. The van der Waals surface area contributed by atoms with Crippen molar-refractivity contribution in [2.45, 2.75) is 31.1 Å². The molecule has 0 amide bonds. The Hall–Kier alpha value is -4.18. The number of para-hydroxylation sites is 2. The van der Waals surface area contributed by atoms with Gasteiger partial charge in [-0.15, -0.1) is 0 Å². The van der Waals surface area contributed by atoms with Crippen LogP contribution in [0.3, 0.4) is 0 Å². The second-order valence-electron chi connectivity index (χ2n) is 9.29. The standard InChI is InChI=1S/C32H28O4/c33-23-32(26-13-17-30(18-14-26)36-28-9-5-2-6-10-28)21-19-25(20-22-32)31(34)24-11-15-29(16-12-24)35-27-7-3-1-4-8-27/h1-18,23,25H,19-22H2. The lowest BCUT2D eigenvalue weighted by atomic mass is 9.66. The van der Waals surface area contributed by atoms with Gasteiger partial charge in [-0.05, 0) is 91.9 Å². The topological polar surface area (TPSA) is 52.6 Å². The highest BCUT2D eigenvalue weighted by Gasteiger charge is 2.39. The van der Waals surface area contributed by atoms with Crippen LogP contribution in [0.2, 0.25) is 0 Å². The maximum absolute atomic E-state index is 13.2. The van der Waals surface area contributed by atoms with Crippen molar-refractivity contribution in [3.05, 3.63) is 120 Å². The molecule has 1 fully saturated rings. The lowest BCUT2D eigenvalue weighted by molar-refractivity contribution is -0.113. The van der Waals surface area contributed by atoms with Crippen LogP contribution >= 0.6 is 0 Å². The van der Waals surface area contributed by atoms with E-state index >= 15 is 0 Å². The quantitative estimate of drug-likeness (QED) is 0.192. The molecule has 0 radical (unpaired) electrons. The van der Waals surface area contributed by atoms with E-state index in [0.29, 0.717) is 37.0 Å². The van der Waals surface area contributed by atoms with E-state index < -0.39 is 5.41 Å². The van der Waals surface area contributed by atoms with Gasteiger partial charge in [-0.1, -0.05) is 48.5 Å². The highest BCUT2D eigenvalue weighted by Crippen LogP contribution is 2.42. The van der Waals surface area contributed by atoms with Crippen molar-refractivity contribution in [3.8, 4) is 23.0 Å². The van der Waals surface area contributed by atoms with Crippen molar-refractivity contribution in [1.82, 2.24) is 0 Å². The van der Waals surface area contributed by atoms with Crippen molar-refractivity contribution in [2.75, 3.05) is 0 Å². The Labute approximate surface area is 211 Å². The van der Waals surface area contributed by atoms with Gasteiger partial charge in [-0.25, -0.2) is 0 Å². The first kappa shape index (κ1) is 23.6. The molecule has 4 aromatic carbocycles. The van der Waals surface area contributed by atoms with Crippen LogP contribution in [0.1, 0.15) is 41.6 Å². The molecule has 0 N–H and O–H groups in total. The van der Waals surface area contributed by atoms with Gasteiger partial charge >= 0.3 is 0 Å². The van der Waals surface area contributed by atoms with Crippen LogP contribution in [0, 0.1) is 5.92 Å². The summed E-state index contributed by atoms with van der Waals surface area (Å²) in [4.78, 5) is 25.4. The Morgan fingerprint density at radius 2 is 1.08 bits per heavy atom. The third-order valence-electron chi connectivity index (χ3n) is 7.00. The predicted octanol–water partition coefficient (Wildman–Crippen LogP) is 7.78. The molecule has 1 aliphatic rings. The summed E-state index contributed by atoms with van der Waals surface area (Å²) < 4.78 is 11.7. The van der Waals surface area contributed by atoms with E-state index in [1.807, 2.05) is 109 Å². The molecule has 0 aliphatic heterocycles. The summed E-state index contributed by atoms with van der Waals surface area (Å²) >= 11 is 0. The first-order valence-electron chi connectivity index (χ1n) is 12.3. The molecule has 0 aromatic heterocycles. The van der Waals surface area contributed by atoms with Crippen LogP contribution in [0.4, 0.5) is 0 Å². The maximum atomic E-state index is 13.2. The molecule has 4 heteroatoms. The molecule has 0 spiro atoms. The smallest absolute Gasteiger partial charge is 0.165 e. The summed E-state index contributed by atoms with van der Waals surface area (Å²) in [6, 6.07) is 34.3. The summed E-state index contributed by atoms with van der Waals surface area (Å²) in [6.45, 7) is 0. The first-order chi connectivity index (χ1) is 17.6. The number of carbonyl (C=O) groups excluding carboxylic acids is 2. The van der Waals surface area contributed by atoms with Crippen molar-refractivity contribution < 1.29 is 19.1 Å². The largest absolute Gasteiger partial charge is 0.457 e. The van der Waals surface area contributed by atoms with Gasteiger partial charge in [0.15, 0.2) is 5.78 Å². The van der Waals surface area contributed by atoms with E-state index in [-0.39, 0.29) is 11.7 Å². The number of aldehydes is 1. The number of benzene rings is 4. The number of rotatable bonds is 8. The average molecular weight is 477 g/mol. The SMILES string of the molecule is O=CC1(c2ccc(Oc3ccccc3)cc2)CCC(C(=O)c2ccc(Oc3ccccc3)cc2)CC1. The van der Waals surface area contributed by atoms with E-state index in [4.69, 9.17) is 9.47 Å². The number of ether oxygens (including phenoxy) is 2. The zero-order chi connectivity index (χ0) is 24.8. The minimum Gasteiger partial charge on any atom is -0.457 e. The monoisotopic (exact) mass is 476 g/mol. The summed E-state index contributed by atoms with van der Waals surface area (Å²) in [7, 11) is 0. The Bertz CT molecular complexity index is 1290. The minimum atomic E-state index is -0.560. The van der Waals surface area contributed by atoms with Crippen molar-refractivity contribution >= 4 is 12.1 Å². The fourth-order valence-corrected chi connectivity index (χ4v) is 4.90. The Morgan fingerprint density at radius 1 is 0.639 bits per heavy atom. The van der Waals surface area contributed by atoms with Gasteiger partial charge in [0.1, 0.15) is 29.3 Å². The van der Waals surface area contributed by atoms with Gasteiger partial charge in [0.2, 0.25) is 0 Å². The fourth-order valence-electron chi connectivity index (χ4n) is 4.90. The van der Waals surface area contributed by atoms with Crippen molar-refractivity contribution in [2.24, 2.45) is 5.92 Å². The molecule has 180 valence electrons. The molecule has 0 unspecified atom stereocenters. The summed E-state index contributed by atoms with van der Waals surface area (Å²) in [5, 5.41) is 0. The lowest BCUT2D eigenvalue weighted by Crippen LogP contribution is -2.35. The summed E-state index contributed by atoms with van der Waals surface area (Å²) in [6.07, 6.45) is 3.74. The fraction of sp³-hybridized carbons (Fsp3) is 0.188. The minimum absolute atomic E-state index is 0.0837. The van der Waals surface area contributed by atoms with Gasteiger partial charge in [-0.3, -0.25) is 4.79 Å². The van der Waals surface area contributed by atoms with Gasteiger partial charge in [0, 0.05) is 11.5 Å². The molecule has 0 bridgehead atoms. The molecule has 4 aromatic rings. The molecule has 0 atom stereocenters. The third-order valence-corrected chi connectivity index (χ3v) is 7.00. The lowest BCUT2D eigenvalue weighted by Gasteiger charge is -2.36. The van der Waals surface area contributed by atoms with E-state index in [2.05, 4.69) is 0 Å². The molecule has 0 saturated heterocycles. The summed E-state index contributed by atoms with van der Waals surface area (Å²) in [5.41, 5.74) is 1.10. The Balaban J connectivity index is 1.21. The average Bonchev–Trinajstić information content (AvgIpc) is 2.95. The van der Waals surface area contributed by atoms with Crippen LogP contribution < -0.4 is 9.47 Å². The number of carbonyl (C=O) groups is 2. The van der Waals surface area contributed by atoms with Crippen LogP contribution in [0.25, 0.3) is 0 Å². The van der Waals surface area contributed by atoms with Gasteiger partial charge in [0.25, 0.3) is 0 Å². The number of ketones is 1. The molecular weight excluding hydrogens is 448 g/mol. The summed E-state index contributed by atoms with van der Waals surface area (Å²) in [5.74, 6) is 3.00. The highest BCUT2D eigenvalue weighted by molar-refractivity contribution is 5.98. The molecule has 1 saturated carbocycles. The normalized spacial score (nSPS) is 19.3. The van der Waals surface area contributed by atoms with Crippen LogP contribution in [0.15, 0.2) is 109 Å². The van der Waals surface area contributed by atoms with E-state index in [1.54, 1.807) is 0 Å². The molecule has 0 heterocycles. The van der Waals surface area contributed by atoms with Gasteiger partial charge in [0.05, 0.1) is 5.41 Å². The Morgan fingerprint density at radius 3 is 1.56 bits per heavy atom. The van der Waals surface area contributed by atoms with Crippen LogP contribution in [-0.2, 0) is 10.2 Å². The van der Waals surface area contributed by atoms with Crippen LogP contribution in [0.5, 0.6) is 23.0 Å². The van der Waals surface area contributed by atoms with Crippen molar-refractivity contribution in [1.29, 1.82) is 0 Å². The van der Waals surface area contributed by atoms with Gasteiger partial charge < -0.3 is 14.3 Å². The maximum Gasteiger partial charge on any atom is 0.165 e. The number of hydrogen-bond acceptors (Lipinski definition) is 4. The molecule has 36 heavy (non-hydrogen) atoms. The third kappa shape index (κ3) is 5.23. The highest BCUT2D eigenvalue weighted by atomic mass is 16.5. The first-order valence-corrected chi connectivity index (χ1v) is 12.3. The van der Waals surface area contributed by atoms with Gasteiger partial charge in [-0.2, -0.15) is 0 Å². The van der Waals surface area contributed by atoms with E-state index in [9.17, 15) is 9.59 Å². The molecule has 1 aliphatic carbocycles. The predicted molar refractivity (Wildman–Crippen MR) is 140 cm³/mol. The van der Waals surface area contributed by atoms with Crippen LogP contribution in [-0.4, -0.2) is 12.1 Å². The Kier molecular flexibility index (Phi) is 6.94. The van der Waals surface area contributed by atoms with E-state index in [1.165, 1.54) is 0 Å². The molecule has 4 nitrogen and oxygen atoms in total. The second-order valence-corrected chi connectivity index (χ2v) is 9.29. The van der Waals surface area contributed by atoms with Crippen molar-refractivity contribution in [3.63, 3.8) is 0 Å². The molecular formula is C32H28O4. The second kappa shape index (κ2) is 10.6.